The molecule has 1 aliphatic rings. The van der Waals surface area contributed by atoms with Gasteiger partial charge in [-0.3, -0.25) is 14.7 Å². The number of rotatable bonds is 4. The zero-order valence-electron chi connectivity index (χ0n) is 10.5. The topological polar surface area (TPSA) is 91.0 Å². The Hall–Kier alpha value is -1.92. The maximum atomic E-state index is 12.0. The van der Waals surface area contributed by atoms with E-state index in [-0.39, 0.29) is 23.8 Å². The van der Waals surface area contributed by atoms with Crippen LogP contribution >= 0.6 is 0 Å². The molecule has 2 amide bonds. The molecule has 2 N–H and O–H groups in total. The average Bonchev–Trinajstić information content (AvgIpc) is 2.97. The third-order valence-electron chi connectivity index (χ3n) is 3.17. The Morgan fingerprint density at radius 3 is 3.06 bits per heavy atom. The molecule has 2 rings (SSSR count). The summed E-state index contributed by atoms with van der Waals surface area (Å²) in [6.45, 7) is 4.90. The first-order valence-electron chi connectivity index (χ1n) is 6.05. The molecule has 98 valence electrons. The van der Waals surface area contributed by atoms with Crippen molar-refractivity contribution in [1.82, 2.24) is 25.4 Å². The lowest BCUT2D eigenvalue weighted by Crippen LogP contribution is -2.34. The summed E-state index contributed by atoms with van der Waals surface area (Å²) in [7, 11) is 0. The number of H-pyrrole nitrogens is 1. The van der Waals surface area contributed by atoms with Gasteiger partial charge in [0.25, 0.3) is 0 Å². The molecule has 0 radical (unpaired) electrons. The van der Waals surface area contributed by atoms with Gasteiger partial charge in [-0.1, -0.05) is 0 Å². The first kappa shape index (κ1) is 12.5. The molecular weight excluding hydrogens is 234 g/mol. The van der Waals surface area contributed by atoms with Crippen LogP contribution < -0.4 is 5.32 Å². The van der Waals surface area contributed by atoms with E-state index in [1.807, 2.05) is 13.8 Å². The Morgan fingerprint density at radius 1 is 1.72 bits per heavy atom. The molecular formula is C11H17N5O2. The van der Waals surface area contributed by atoms with Crippen molar-refractivity contribution in [3.63, 3.8) is 0 Å². The van der Waals surface area contributed by atoms with Crippen molar-refractivity contribution in [2.75, 3.05) is 13.1 Å². The van der Waals surface area contributed by atoms with Gasteiger partial charge < -0.3 is 10.2 Å². The predicted octanol–water partition coefficient (Wildman–Crippen LogP) is -0.150. The second-order valence-corrected chi connectivity index (χ2v) is 4.43. The molecule has 18 heavy (non-hydrogen) atoms. The van der Waals surface area contributed by atoms with E-state index in [0.29, 0.717) is 25.3 Å². The van der Waals surface area contributed by atoms with Gasteiger partial charge in [0.15, 0.2) is 0 Å². The van der Waals surface area contributed by atoms with Crippen LogP contribution in [0.5, 0.6) is 0 Å². The molecule has 7 nitrogen and oxygen atoms in total. The number of nitrogens with one attached hydrogen (secondary N) is 2. The Balaban J connectivity index is 1.91. The number of aromatic amines is 1. The number of carbonyl (C=O) groups excluding carboxylic acids is 2. The zero-order valence-corrected chi connectivity index (χ0v) is 10.5. The molecule has 1 aliphatic heterocycles. The fourth-order valence-electron chi connectivity index (χ4n) is 2.08. The largest absolute Gasteiger partial charge is 0.346 e. The molecule has 0 saturated carbocycles. The number of amides is 2. The van der Waals surface area contributed by atoms with Crippen LogP contribution in [0.15, 0.2) is 6.33 Å². The predicted molar refractivity (Wildman–Crippen MR) is 63.3 cm³/mol. The van der Waals surface area contributed by atoms with Crippen molar-refractivity contribution in [3.05, 3.63) is 12.2 Å². The Bertz CT molecular complexity index is 431. The highest BCUT2D eigenvalue weighted by molar-refractivity contribution is 5.89. The molecule has 2 heterocycles. The fraction of sp³-hybridized carbons (Fsp3) is 0.636. The van der Waals surface area contributed by atoms with Crippen molar-refractivity contribution in [1.29, 1.82) is 0 Å². The molecule has 1 saturated heterocycles. The van der Waals surface area contributed by atoms with Crippen LogP contribution in [0, 0.1) is 5.92 Å². The summed E-state index contributed by atoms with van der Waals surface area (Å²) in [5.41, 5.74) is 0. The van der Waals surface area contributed by atoms with Crippen LogP contribution in [0.2, 0.25) is 0 Å². The van der Waals surface area contributed by atoms with Crippen molar-refractivity contribution < 1.29 is 9.59 Å². The van der Waals surface area contributed by atoms with Gasteiger partial charge in [0, 0.05) is 19.5 Å². The second kappa shape index (κ2) is 5.16. The monoisotopic (exact) mass is 251 g/mol. The maximum absolute atomic E-state index is 12.0. The lowest BCUT2D eigenvalue weighted by atomic mass is 10.1. The van der Waals surface area contributed by atoms with Crippen LogP contribution in [0.3, 0.4) is 0 Å². The van der Waals surface area contributed by atoms with Gasteiger partial charge in [-0.05, 0) is 13.8 Å². The minimum atomic E-state index is -0.261. The van der Waals surface area contributed by atoms with E-state index in [4.69, 9.17) is 0 Å². The highest BCUT2D eigenvalue weighted by Crippen LogP contribution is 2.18. The van der Waals surface area contributed by atoms with Crippen molar-refractivity contribution in [3.8, 4) is 0 Å². The van der Waals surface area contributed by atoms with Gasteiger partial charge in [-0.2, -0.15) is 5.10 Å². The molecule has 1 aromatic heterocycles. The van der Waals surface area contributed by atoms with Gasteiger partial charge in [0.05, 0.1) is 12.0 Å². The Labute approximate surface area is 105 Å². The third-order valence-corrected chi connectivity index (χ3v) is 3.17. The van der Waals surface area contributed by atoms with Crippen LogP contribution in [-0.2, 0) is 9.59 Å². The highest BCUT2D eigenvalue weighted by atomic mass is 16.2. The first-order valence-corrected chi connectivity index (χ1v) is 6.05. The van der Waals surface area contributed by atoms with Crippen molar-refractivity contribution >= 4 is 11.8 Å². The second-order valence-electron chi connectivity index (χ2n) is 4.43. The standard InChI is InChI=1S/C11H17N5O2/c1-3-16-5-8(4-9(16)17)11(18)14-7(2)10-12-6-13-15-10/h6-8H,3-5H2,1-2H3,(H,14,18)(H,12,13,15). The number of nitrogens with zero attached hydrogens (tertiary/aromatic N) is 3. The smallest absolute Gasteiger partial charge is 0.226 e. The lowest BCUT2D eigenvalue weighted by Gasteiger charge is -2.16. The quantitative estimate of drug-likeness (QED) is 0.778. The first-order chi connectivity index (χ1) is 8.61. The molecule has 1 fully saturated rings. The number of hydrogen-bond acceptors (Lipinski definition) is 4. The number of carbonyl (C=O) groups is 2. The number of hydrogen-bond donors (Lipinski definition) is 2. The molecule has 2 unspecified atom stereocenters. The van der Waals surface area contributed by atoms with Crippen molar-refractivity contribution in [2.45, 2.75) is 26.3 Å². The summed E-state index contributed by atoms with van der Waals surface area (Å²) in [4.78, 5) is 29.2. The normalized spacial score (nSPS) is 21.1. The van der Waals surface area contributed by atoms with Crippen LogP contribution in [0.4, 0.5) is 0 Å². The van der Waals surface area contributed by atoms with Gasteiger partial charge in [0.1, 0.15) is 12.2 Å². The summed E-state index contributed by atoms with van der Waals surface area (Å²) in [5, 5.41) is 9.28. The molecule has 7 heteroatoms. The van der Waals surface area contributed by atoms with Crippen LogP contribution in [-0.4, -0.2) is 45.0 Å². The van der Waals surface area contributed by atoms with Gasteiger partial charge >= 0.3 is 0 Å². The summed E-state index contributed by atoms with van der Waals surface area (Å²) >= 11 is 0. The summed E-state index contributed by atoms with van der Waals surface area (Å²) < 4.78 is 0. The van der Waals surface area contributed by atoms with Gasteiger partial charge in [0.2, 0.25) is 11.8 Å². The van der Waals surface area contributed by atoms with E-state index >= 15 is 0 Å². The van der Waals surface area contributed by atoms with Gasteiger partial charge in [-0.15, -0.1) is 0 Å². The number of aromatic nitrogens is 3. The minimum absolute atomic E-state index is 0.0463. The van der Waals surface area contributed by atoms with E-state index in [1.165, 1.54) is 6.33 Å². The number of likely N-dealkylation sites (tertiary alicyclic amines) is 1. The van der Waals surface area contributed by atoms with Gasteiger partial charge in [-0.25, -0.2) is 4.98 Å². The Morgan fingerprint density at radius 2 is 2.50 bits per heavy atom. The molecule has 0 aliphatic carbocycles. The molecule has 0 aromatic carbocycles. The molecule has 0 bridgehead atoms. The molecule has 1 aromatic rings. The van der Waals surface area contributed by atoms with E-state index < -0.39 is 0 Å². The molecule has 0 spiro atoms. The SMILES string of the molecule is CCN1CC(C(=O)NC(C)c2ncn[nH]2)CC1=O. The fourth-order valence-corrected chi connectivity index (χ4v) is 2.08. The lowest BCUT2D eigenvalue weighted by molar-refractivity contribution is -0.129. The minimum Gasteiger partial charge on any atom is -0.346 e. The van der Waals surface area contributed by atoms with Crippen LogP contribution in [0.25, 0.3) is 0 Å². The maximum Gasteiger partial charge on any atom is 0.226 e. The average molecular weight is 251 g/mol. The molecule has 2 atom stereocenters. The third kappa shape index (κ3) is 2.49. The zero-order chi connectivity index (χ0) is 13.1. The highest BCUT2D eigenvalue weighted by Gasteiger charge is 2.33. The van der Waals surface area contributed by atoms with E-state index in [1.54, 1.807) is 4.90 Å². The summed E-state index contributed by atoms with van der Waals surface area (Å²) in [6.07, 6.45) is 1.69. The Kier molecular flexibility index (Phi) is 3.59. The summed E-state index contributed by atoms with van der Waals surface area (Å²) in [5.74, 6) is 0.288. The van der Waals surface area contributed by atoms with E-state index in [2.05, 4.69) is 20.5 Å². The van der Waals surface area contributed by atoms with E-state index in [0.717, 1.165) is 0 Å². The van der Waals surface area contributed by atoms with Crippen molar-refractivity contribution in [2.24, 2.45) is 5.92 Å². The summed E-state index contributed by atoms with van der Waals surface area (Å²) in [6, 6.07) is -0.231. The van der Waals surface area contributed by atoms with E-state index in [9.17, 15) is 9.59 Å². The van der Waals surface area contributed by atoms with Crippen LogP contribution in [0.1, 0.15) is 32.1 Å².